The maximum absolute atomic E-state index is 12.3. The van der Waals surface area contributed by atoms with Gasteiger partial charge in [0.1, 0.15) is 0 Å². The molecule has 0 spiro atoms. The van der Waals surface area contributed by atoms with E-state index < -0.39 is 17.8 Å². The van der Waals surface area contributed by atoms with Crippen LogP contribution in [0.4, 0.5) is 0 Å². The molecule has 20 heavy (non-hydrogen) atoms. The van der Waals surface area contributed by atoms with Gasteiger partial charge in [0, 0.05) is 24.2 Å². The van der Waals surface area contributed by atoms with Crippen molar-refractivity contribution in [3.63, 3.8) is 0 Å². The molecule has 2 amide bonds. The first-order chi connectivity index (χ1) is 9.40. The Kier molecular flexibility index (Phi) is 3.74. The molecule has 1 aromatic rings. The third kappa shape index (κ3) is 2.64. The Morgan fingerprint density at radius 2 is 1.70 bits per heavy atom. The largest absolute Gasteiger partial charge is 0.481 e. The van der Waals surface area contributed by atoms with Crippen molar-refractivity contribution >= 4 is 17.8 Å². The molecule has 6 heteroatoms. The summed E-state index contributed by atoms with van der Waals surface area (Å²) in [6, 6.07) is 6.04. The number of hydrogen-bond donors (Lipinski definition) is 2. The summed E-state index contributed by atoms with van der Waals surface area (Å²) in [5.74, 6) is -2.25. The molecule has 0 saturated carbocycles. The van der Waals surface area contributed by atoms with E-state index in [1.54, 1.807) is 0 Å². The van der Waals surface area contributed by atoms with E-state index in [4.69, 9.17) is 10.8 Å². The molecule has 3 N–H and O–H groups in total. The van der Waals surface area contributed by atoms with E-state index in [2.05, 4.69) is 0 Å². The standard InChI is InChI=1S/C14H16N2O4/c1-8-6-16(7-11(8)14(19)20)13(18)10-4-2-9(3-5-10)12(15)17/h2-5,8,11H,6-7H2,1H3,(H2,15,17)(H,19,20)/t8-,11-/m1/s1. The Labute approximate surface area is 116 Å². The Hall–Kier alpha value is -2.37. The number of primary amides is 1. The fourth-order valence-electron chi connectivity index (χ4n) is 2.41. The van der Waals surface area contributed by atoms with Crippen LogP contribution in [0.3, 0.4) is 0 Å². The highest BCUT2D eigenvalue weighted by Gasteiger charge is 2.37. The fourth-order valence-corrected chi connectivity index (χ4v) is 2.41. The lowest BCUT2D eigenvalue weighted by atomic mass is 9.99. The maximum Gasteiger partial charge on any atom is 0.308 e. The van der Waals surface area contributed by atoms with E-state index in [0.29, 0.717) is 17.7 Å². The van der Waals surface area contributed by atoms with Gasteiger partial charge in [-0.15, -0.1) is 0 Å². The van der Waals surface area contributed by atoms with Gasteiger partial charge < -0.3 is 15.7 Å². The normalized spacial score (nSPS) is 21.8. The molecule has 0 aliphatic carbocycles. The average Bonchev–Trinajstić information content (AvgIpc) is 2.80. The quantitative estimate of drug-likeness (QED) is 0.843. The third-order valence-electron chi connectivity index (χ3n) is 3.63. The number of nitrogens with zero attached hydrogens (tertiary/aromatic N) is 1. The van der Waals surface area contributed by atoms with Crippen molar-refractivity contribution in [2.45, 2.75) is 6.92 Å². The average molecular weight is 276 g/mol. The number of amides is 2. The molecular weight excluding hydrogens is 260 g/mol. The van der Waals surface area contributed by atoms with E-state index in [1.807, 2.05) is 6.92 Å². The van der Waals surface area contributed by atoms with Crippen molar-refractivity contribution in [3.05, 3.63) is 35.4 Å². The molecule has 2 rings (SSSR count). The zero-order chi connectivity index (χ0) is 14.9. The highest BCUT2D eigenvalue weighted by atomic mass is 16.4. The number of likely N-dealkylation sites (tertiary alicyclic amines) is 1. The molecule has 106 valence electrons. The van der Waals surface area contributed by atoms with Gasteiger partial charge in [-0.25, -0.2) is 0 Å². The van der Waals surface area contributed by atoms with Crippen LogP contribution in [0, 0.1) is 11.8 Å². The number of carboxylic acids is 1. The van der Waals surface area contributed by atoms with Crippen molar-refractivity contribution in [1.29, 1.82) is 0 Å². The van der Waals surface area contributed by atoms with E-state index in [-0.39, 0.29) is 18.4 Å². The summed E-state index contributed by atoms with van der Waals surface area (Å²) >= 11 is 0. The predicted octanol–water partition coefficient (Wildman–Crippen LogP) is 0.578. The van der Waals surface area contributed by atoms with E-state index in [9.17, 15) is 14.4 Å². The lowest BCUT2D eigenvalue weighted by molar-refractivity contribution is -0.142. The zero-order valence-electron chi connectivity index (χ0n) is 11.1. The van der Waals surface area contributed by atoms with Crippen LogP contribution in [0.5, 0.6) is 0 Å². The van der Waals surface area contributed by atoms with Crippen molar-refractivity contribution in [3.8, 4) is 0 Å². The second-order valence-corrected chi connectivity index (χ2v) is 5.07. The second-order valence-electron chi connectivity index (χ2n) is 5.07. The van der Waals surface area contributed by atoms with Crippen LogP contribution in [-0.4, -0.2) is 40.9 Å². The van der Waals surface area contributed by atoms with Crippen LogP contribution >= 0.6 is 0 Å². The number of rotatable bonds is 3. The number of carbonyl (C=O) groups excluding carboxylic acids is 2. The van der Waals surface area contributed by atoms with Gasteiger partial charge >= 0.3 is 5.97 Å². The fraction of sp³-hybridized carbons (Fsp3) is 0.357. The monoisotopic (exact) mass is 276 g/mol. The van der Waals surface area contributed by atoms with Crippen LogP contribution < -0.4 is 5.73 Å². The first-order valence-electron chi connectivity index (χ1n) is 6.32. The van der Waals surface area contributed by atoms with Gasteiger partial charge in [-0.2, -0.15) is 0 Å². The summed E-state index contributed by atoms with van der Waals surface area (Å²) < 4.78 is 0. The molecule has 0 radical (unpaired) electrons. The minimum Gasteiger partial charge on any atom is -0.481 e. The molecule has 1 heterocycles. The van der Waals surface area contributed by atoms with Crippen molar-refractivity contribution in [2.75, 3.05) is 13.1 Å². The van der Waals surface area contributed by atoms with Crippen LogP contribution in [0.2, 0.25) is 0 Å². The summed E-state index contributed by atoms with van der Waals surface area (Å²) in [7, 11) is 0. The Morgan fingerprint density at radius 1 is 1.15 bits per heavy atom. The number of benzene rings is 1. The number of hydrogen-bond acceptors (Lipinski definition) is 3. The second kappa shape index (κ2) is 5.32. The minimum absolute atomic E-state index is 0.0682. The van der Waals surface area contributed by atoms with Gasteiger partial charge in [0.05, 0.1) is 5.92 Å². The van der Waals surface area contributed by atoms with E-state index in [0.717, 1.165) is 0 Å². The maximum atomic E-state index is 12.3. The predicted molar refractivity (Wildman–Crippen MR) is 71.2 cm³/mol. The summed E-state index contributed by atoms with van der Waals surface area (Å²) in [4.78, 5) is 35.8. The van der Waals surface area contributed by atoms with Crippen LogP contribution in [-0.2, 0) is 4.79 Å². The Bertz CT molecular complexity index is 553. The van der Waals surface area contributed by atoms with E-state index >= 15 is 0 Å². The molecular formula is C14H16N2O4. The number of nitrogens with two attached hydrogens (primary N) is 1. The van der Waals surface area contributed by atoms with Crippen LogP contribution in [0.1, 0.15) is 27.6 Å². The first kappa shape index (κ1) is 14.0. The molecule has 6 nitrogen and oxygen atoms in total. The number of aliphatic carboxylic acids is 1. The highest BCUT2D eigenvalue weighted by molar-refractivity contribution is 5.97. The minimum atomic E-state index is -0.878. The molecule has 1 saturated heterocycles. The van der Waals surface area contributed by atoms with Gasteiger partial charge in [0.25, 0.3) is 5.91 Å². The topological polar surface area (TPSA) is 101 Å². The first-order valence-corrected chi connectivity index (χ1v) is 6.32. The molecule has 1 aromatic carbocycles. The molecule has 1 fully saturated rings. The lowest BCUT2D eigenvalue weighted by Gasteiger charge is -2.16. The molecule has 0 unspecified atom stereocenters. The Balaban J connectivity index is 2.12. The highest BCUT2D eigenvalue weighted by Crippen LogP contribution is 2.24. The van der Waals surface area contributed by atoms with Crippen molar-refractivity contribution in [2.24, 2.45) is 17.6 Å². The molecule has 0 aromatic heterocycles. The summed E-state index contributed by atoms with van der Waals surface area (Å²) in [6.45, 7) is 2.46. The van der Waals surface area contributed by atoms with Crippen molar-refractivity contribution < 1.29 is 19.5 Å². The lowest BCUT2D eigenvalue weighted by Crippen LogP contribution is -2.30. The molecule has 2 atom stereocenters. The van der Waals surface area contributed by atoms with E-state index in [1.165, 1.54) is 29.2 Å². The molecule has 1 aliphatic rings. The van der Waals surface area contributed by atoms with Gasteiger partial charge in [0.2, 0.25) is 5.91 Å². The third-order valence-corrected chi connectivity index (χ3v) is 3.63. The summed E-state index contributed by atoms with van der Waals surface area (Å²) in [6.07, 6.45) is 0. The van der Waals surface area contributed by atoms with Crippen LogP contribution in [0.25, 0.3) is 0 Å². The number of carbonyl (C=O) groups is 3. The zero-order valence-corrected chi connectivity index (χ0v) is 11.1. The van der Waals surface area contributed by atoms with Crippen LogP contribution in [0.15, 0.2) is 24.3 Å². The van der Waals surface area contributed by atoms with Gasteiger partial charge in [-0.05, 0) is 30.2 Å². The van der Waals surface area contributed by atoms with Gasteiger partial charge in [-0.1, -0.05) is 6.92 Å². The van der Waals surface area contributed by atoms with Gasteiger partial charge in [-0.3, -0.25) is 14.4 Å². The number of carboxylic acid groups (broad SMARTS) is 1. The Morgan fingerprint density at radius 3 is 2.15 bits per heavy atom. The smallest absolute Gasteiger partial charge is 0.308 e. The van der Waals surface area contributed by atoms with Gasteiger partial charge in [0.15, 0.2) is 0 Å². The summed E-state index contributed by atoms with van der Waals surface area (Å²) in [5.41, 5.74) is 5.89. The SMILES string of the molecule is C[C@@H]1CN(C(=O)c2ccc(C(N)=O)cc2)C[C@H]1C(=O)O. The molecule has 1 aliphatic heterocycles. The molecule has 0 bridgehead atoms. The van der Waals surface area contributed by atoms with Crippen molar-refractivity contribution in [1.82, 2.24) is 4.90 Å². The summed E-state index contributed by atoms with van der Waals surface area (Å²) in [5, 5.41) is 9.06.